The SMILES string of the molecule is COCc1cc([N+](=O)[O-])ccc1NCc1cc(Br)cc2c1OCC2. The summed E-state index contributed by atoms with van der Waals surface area (Å²) in [6, 6.07) is 8.84. The van der Waals surface area contributed by atoms with Gasteiger partial charge < -0.3 is 14.8 Å². The molecule has 0 fully saturated rings. The third-order valence-corrected chi connectivity index (χ3v) is 4.35. The van der Waals surface area contributed by atoms with E-state index in [0.29, 0.717) is 19.8 Å². The fourth-order valence-corrected chi connectivity index (χ4v) is 3.36. The first-order valence-corrected chi connectivity index (χ1v) is 8.32. The van der Waals surface area contributed by atoms with Gasteiger partial charge in [-0.15, -0.1) is 0 Å². The molecule has 0 saturated heterocycles. The second-order valence-electron chi connectivity index (χ2n) is 5.54. The Bertz CT molecular complexity index is 779. The van der Waals surface area contributed by atoms with Gasteiger partial charge in [0.05, 0.1) is 18.1 Å². The molecule has 0 bridgehead atoms. The molecule has 0 amide bonds. The van der Waals surface area contributed by atoms with Gasteiger partial charge in [0.25, 0.3) is 5.69 Å². The van der Waals surface area contributed by atoms with Gasteiger partial charge in [-0.1, -0.05) is 15.9 Å². The van der Waals surface area contributed by atoms with E-state index in [-0.39, 0.29) is 5.69 Å². The van der Waals surface area contributed by atoms with E-state index in [1.165, 1.54) is 17.7 Å². The van der Waals surface area contributed by atoms with E-state index in [0.717, 1.165) is 33.5 Å². The van der Waals surface area contributed by atoms with Crippen molar-refractivity contribution < 1.29 is 14.4 Å². The Morgan fingerprint density at radius 1 is 1.33 bits per heavy atom. The lowest BCUT2D eigenvalue weighted by Gasteiger charge is -2.14. The largest absolute Gasteiger partial charge is 0.493 e. The molecule has 2 aromatic carbocycles. The summed E-state index contributed by atoms with van der Waals surface area (Å²) >= 11 is 3.53. The number of nitrogens with zero attached hydrogens (tertiary/aromatic N) is 1. The molecule has 0 radical (unpaired) electrons. The molecule has 24 heavy (non-hydrogen) atoms. The maximum Gasteiger partial charge on any atom is 0.269 e. The van der Waals surface area contributed by atoms with Crippen LogP contribution in [0.15, 0.2) is 34.8 Å². The summed E-state index contributed by atoms with van der Waals surface area (Å²) in [6.45, 7) is 1.57. The standard InChI is InChI=1S/C17H17BrN2O4/c1-23-10-13-8-15(20(21)22)2-3-16(13)19-9-12-7-14(18)6-11-4-5-24-17(11)12/h2-3,6-8,19H,4-5,9-10H2,1H3. The highest BCUT2D eigenvalue weighted by Crippen LogP contribution is 2.34. The second-order valence-corrected chi connectivity index (χ2v) is 6.45. The summed E-state index contributed by atoms with van der Waals surface area (Å²) in [5.74, 6) is 0.931. The Kier molecular flexibility index (Phi) is 5.01. The number of anilines is 1. The van der Waals surface area contributed by atoms with Crippen molar-refractivity contribution in [2.45, 2.75) is 19.6 Å². The second kappa shape index (κ2) is 7.19. The first-order valence-electron chi connectivity index (χ1n) is 7.52. The average molecular weight is 393 g/mol. The lowest BCUT2D eigenvalue weighted by atomic mass is 10.1. The molecule has 126 valence electrons. The average Bonchev–Trinajstić information content (AvgIpc) is 3.01. The third-order valence-electron chi connectivity index (χ3n) is 3.89. The van der Waals surface area contributed by atoms with Crippen molar-refractivity contribution in [2.75, 3.05) is 19.0 Å². The molecule has 0 aliphatic carbocycles. The summed E-state index contributed by atoms with van der Waals surface area (Å²) in [7, 11) is 1.57. The molecule has 1 aliphatic rings. The van der Waals surface area contributed by atoms with E-state index >= 15 is 0 Å². The predicted octanol–water partition coefficient (Wildman–Crippen LogP) is 4.05. The van der Waals surface area contributed by atoms with Crippen LogP contribution in [0.25, 0.3) is 0 Å². The van der Waals surface area contributed by atoms with Crippen molar-refractivity contribution in [1.82, 2.24) is 0 Å². The van der Waals surface area contributed by atoms with Gasteiger partial charge in [-0.2, -0.15) is 0 Å². The van der Waals surface area contributed by atoms with Gasteiger partial charge in [0.2, 0.25) is 0 Å². The summed E-state index contributed by atoms with van der Waals surface area (Å²) < 4.78 is 11.9. The van der Waals surface area contributed by atoms with E-state index in [2.05, 4.69) is 27.3 Å². The van der Waals surface area contributed by atoms with E-state index in [1.807, 2.05) is 6.07 Å². The van der Waals surface area contributed by atoms with Gasteiger partial charge in [0.1, 0.15) is 5.75 Å². The maximum absolute atomic E-state index is 10.9. The molecular formula is C17H17BrN2O4. The Morgan fingerprint density at radius 3 is 2.92 bits per heavy atom. The normalized spacial score (nSPS) is 12.6. The lowest BCUT2D eigenvalue weighted by Crippen LogP contribution is -2.05. The van der Waals surface area contributed by atoms with Gasteiger partial charge in [-0.25, -0.2) is 0 Å². The zero-order valence-electron chi connectivity index (χ0n) is 13.2. The smallest absolute Gasteiger partial charge is 0.269 e. The van der Waals surface area contributed by atoms with Crippen molar-refractivity contribution in [3.8, 4) is 5.75 Å². The van der Waals surface area contributed by atoms with Crippen molar-refractivity contribution in [3.63, 3.8) is 0 Å². The lowest BCUT2D eigenvalue weighted by molar-refractivity contribution is -0.384. The van der Waals surface area contributed by atoms with Crippen LogP contribution in [0.1, 0.15) is 16.7 Å². The number of nitrogens with one attached hydrogen (secondary N) is 1. The first kappa shape index (κ1) is 16.7. The fraction of sp³-hybridized carbons (Fsp3) is 0.294. The Balaban J connectivity index is 1.83. The van der Waals surface area contributed by atoms with Gasteiger partial charge in [-0.3, -0.25) is 10.1 Å². The first-order chi connectivity index (χ1) is 11.6. The Morgan fingerprint density at radius 2 is 2.17 bits per heavy atom. The maximum atomic E-state index is 10.9. The fourth-order valence-electron chi connectivity index (χ4n) is 2.81. The van der Waals surface area contributed by atoms with E-state index in [1.54, 1.807) is 13.2 Å². The zero-order chi connectivity index (χ0) is 17.1. The number of hydrogen-bond acceptors (Lipinski definition) is 5. The topological polar surface area (TPSA) is 73.6 Å². The molecule has 0 spiro atoms. The molecule has 0 unspecified atom stereocenters. The highest BCUT2D eigenvalue weighted by molar-refractivity contribution is 9.10. The van der Waals surface area contributed by atoms with Crippen LogP contribution in [0.2, 0.25) is 0 Å². The van der Waals surface area contributed by atoms with Crippen molar-refractivity contribution in [2.24, 2.45) is 0 Å². The Hall–Kier alpha value is -2.12. The van der Waals surface area contributed by atoms with Crippen LogP contribution in [0.4, 0.5) is 11.4 Å². The van der Waals surface area contributed by atoms with Crippen LogP contribution < -0.4 is 10.1 Å². The van der Waals surface area contributed by atoms with E-state index in [4.69, 9.17) is 9.47 Å². The number of hydrogen-bond donors (Lipinski definition) is 1. The summed E-state index contributed by atoms with van der Waals surface area (Å²) in [5, 5.41) is 14.3. The summed E-state index contributed by atoms with van der Waals surface area (Å²) in [5.41, 5.74) is 3.87. The Labute approximate surface area is 148 Å². The highest BCUT2D eigenvalue weighted by atomic mass is 79.9. The molecule has 1 N–H and O–H groups in total. The number of rotatable bonds is 6. The molecule has 3 rings (SSSR count). The number of nitro benzene ring substituents is 1. The van der Waals surface area contributed by atoms with Gasteiger partial charge >= 0.3 is 0 Å². The molecule has 0 atom stereocenters. The van der Waals surface area contributed by atoms with Crippen LogP contribution in [0.5, 0.6) is 5.75 Å². The van der Waals surface area contributed by atoms with Gasteiger partial charge in [0.15, 0.2) is 0 Å². The number of non-ortho nitro benzene ring substituents is 1. The van der Waals surface area contributed by atoms with Crippen LogP contribution in [-0.2, 0) is 24.3 Å². The number of ether oxygens (including phenoxy) is 2. The summed E-state index contributed by atoms with van der Waals surface area (Å²) in [4.78, 5) is 10.5. The molecule has 2 aromatic rings. The molecule has 7 heteroatoms. The molecule has 1 aliphatic heterocycles. The number of fused-ring (bicyclic) bond motifs is 1. The molecule has 0 saturated carbocycles. The summed E-state index contributed by atoms with van der Waals surface area (Å²) in [6.07, 6.45) is 0.911. The number of methoxy groups -OCH3 is 1. The van der Waals surface area contributed by atoms with E-state index < -0.39 is 4.92 Å². The minimum Gasteiger partial charge on any atom is -0.493 e. The highest BCUT2D eigenvalue weighted by Gasteiger charge is 2.18. The van der Waals surface area contributed by atoms with Crippen molar-refractivity contribution in [3.05, 3.63) is 61.6 Å². The molecule has 6 nitrogen and oxygen atoms in total. The monoisotopic (exact) mass is 392 g/mol. The van der Waals surface area contributed by atoms with Crippen LogP contribution >= 0.6 is 15.9 Å². The van der Waals surface area contributed by atoms with Crippen molar-refractivity contribution >= 4 is 27.3 Å². The van der Waals surface area contributed by atoms with Crippen LogP contribution in [-0.4, -0.2) is 18.6 Å². The van der Waals surface area contributed by atoms with Crippen molar-refractivity contribution in [1.29, 1.82) is 0 Å². The molecular weight excluding hydrogens is 376 g/mol. The number of nitro groups is 1. The van der Waals surface area contributed by atoms with Gasteiger partial charge in [-0.05, 0) is 23.8 Å². The number of benzene rings is 2. The number of halogens is 1. The van der Waals surface area contributed by atoms with Crippen LogP contribution in [0, 0.1) is 10.1 Å². The zero-order valence-corrected chi connectivity index (χ0v) is 14.8. The predicted molar refractivity (Wildman–Crippen MR) is 94.5 cm³/mol. The molecule has 1 heterocycles. The minimum atomic E-state index is -0.405. The van der Waals surface area contributed by atoms with Gasteiger partial charge in [0, 0.05) is 53.5 Å². The van der Waals surface area contributed by atoms with E-state index in [9.17, 15) is 10.1 Å². The van der Waals surface area contributed by atoms with Crippen LogP contribution in [0.3, 0.4) is 0 Å². The quantitative estimate of drug-likeness (QED) is 0.592. The third kappa shape index (κ3) is 3.52. The molecule has 0 aromatic heterocycles. The minimum absolute atomic E-state index is 0.0549.